The van der Waals surface area contributed by atoms with Gasteiger partial charge in [-0.25, -0.2) is 0 Å². The molecule has 3 fully saturated rings. The third kappa shape index (κ3) is 3.55. The standard InChI is InChI=1S/C15H25N3O3/c19-14-4-2-6-18(14)12-15(20)17-5-1-3-13(11-17)16-7-9-21-10-8-16/h13H,1-12H2/t13-/m1/s1. The average molecular weight is 295 g/mol. The minimum absolute atomic E-state index is 0.114. The van der Waals surface area contributed by atoms with E-state index in [1.807, 2.05) is 4.90 Å². The predicted octanol–water partition coefficient (Wildman–Crippen LogP) is -0.0680. The van der Waals surface area contributed by atoms with Crippen molar-refractivity contribution in [1.29, 1.82) is 0 Å². The largest absolute Gasteiger partial charge is 0.379 e. The summed E-state index contributed by atoms with van der Waals surface area (Å²) in [5, 5.41) is 0. The van der Waals surface area contributed by atoms with Crippen molar-refractivity contribution in [2.75, 3.05) is 52.5 Å². The smallest absolute Gasteiger partial charge is 0.242 e. The third-order valence-electron chi connectivity index (χ3n) is 4.81. The van der Waals surface area contributed by atoms with Gasteiger partial charge in [-0.2, -0.15) is 0 Å². The number of likely N-dealkylation sites (tertiary alicyclic amines) is 2. The number of amides is 2. The van der Waals surface area contributed by atoms with E-state index < -0.39 is 0 Å². The summed E-state index contributed by atoms with van der Waals surface area (Å²) in [5.74, 6) is 0.244. The molecule has 1 atom stereocenters. The maximum absolute atomic E-state index is 12.4. The van der Waals surface area contributed by atoms with Gasteiger partial charge in [0.05, 0.1) is 19.8 Å². The third-order valence-corrected chi connectivity index (χ3v) is 4.81. The fourth-order valence-corrected chi connectivity index (χ4v) is 3.56. The van der Waals surface area contributed by atoms with Gasteiger partial charge in [0, 0.05) is 45.2 Å². The molecule has 0 aromatic heterocycles. The van der Waals surface area contributed by atoms with E-state index in [2.05, 4.69) is 4.90 Å². The zero-order chi connectivity index (χ0) is 14.7. The number of nitrogens with zero attached hydrogens (tertiary/aromatic N) is 3. The van der Waals surface area contributed by atoms with Crippen LogP contribution in [0.15, 0.2) is 0 Å². The Balaban J connectivity index is 1.52. The van der Waals surface area contributed by atoms with Crippen LogP contribution in [0.2, 0.25) is 0 Å². The van der Waals surface area contributed by atoms with Crippen molar-refractivity contribution < 1.29 is 14.3 Å². The van der Waals surface area contributed by atoms with Gasteiger partial charge in [0.15, 0.2) is 0 Å². The highest BCUT2D eigenvalue weighted by molar-refractivity contribution is 5.85. The van der Waals surface area contributed by atoms with Gasteiger partial charge in [0.25, 0.3) is 0 Å². The van der Waals surface area contributed by atoms with E-state index in [1.165, 1.54) is 0 Å². The molecule has 0 aromatic rings. The Hall–Kier alpha value is -1.14. The zero-order valence-corrected chi connectivity index (χ0v) is 12.6. The molecule has 118 valence electrons. The Morgan fingerprint density at radius 1 is 1.14 bits per heavy atom. The Kier molecular flexibility index (Phi) is 4.75. The lowest BCUT2D eigenvalue weighted by Gasteiger charge is -2.41. The maximum atomic E-state index is 12.4. The second-order valence-electron chi connectivity index (χ2n) is 6.20. The normalized spacial score (nSPS) is 28.2. The van der Waals surface area contributed by atoms with E-state index in [9.17, 15) is 9.59 Å². The van der Waals surface area contributed by atoms with Crippen LogP contribution in [0.4, 0.5) is 0 Å². The Bertz CT molecular complexity index is 396. The Morgan fingerprint density at radius 3 is 2.67 bits per heavy atom. The zero-order valence-electron chi connectivity index (χ0n) is 12.6. The summed E-state index contributed by atoms with van der Waals surface area (Å²) in [4.78, 5) is 30.2. The van der Waals surface area contributed by atoms with Crippen LogP contribution in [0, 0.1) is 0 Å². The number of rotatable bonds is 3. The SMILES string of the molecule is O=C1CCCN1CC(=O)N1CCC[C@@H](N2CCOCC2)C1. The van der Waals surface area contributed by atoms with E-state index in [4.69, 9.17) is 4.74 Å². The van der Waals surface area contributed by atoms with Gasteiger partial charge >= 0.3 is 0 Å². The van der Waals surface area contributed by atoms with Gasteiger partial charge in [-0.3, -0.25) is 14.5 Å². The summed E-state index contributed by atoms with van der Waals surface area (Å²) < 4.78 is 5.40. The summed E-state index contributed by atoms with van der Waals surface area (Å²) in [6.45, 7) is 6.19. The number of carbonyl (C=O) groups excluding carboxylic acids is 2. The molecule has 6 nitrogen and oxygen atoms in total. The minimum Gasteiger partial charge on any atom is -0.379 e. The van der Waals surface area contributed by atoms with Gasteiger partial charge in [-0.05, 0) is 19.3 Å². The Labute approximate surface area is 126 Å². The summed E-state index contributed by atoms with van der Waals surface area (Å²) in [6, 6.07) is 0.459. The average Bonchev–Trinajstić information content (AvgIpc) is 2.93. The summed E-state index contributed by atoms with van der Waals surface area (Å²) >= 11 is 0. The van der Waals surface area contributed by atoms with Gasteiger partial charge in [-0.1, -0.05) is 0 Å². The molecule has 0 aromatic carbocycles. The van der Waals surface area contributed by atoms with E-state index in [0.717, 1.165) is 65.2 Å². The van der Waals surface area contributed by atoms with Gasteiger partial charge in [0.1, 0.15) is 0 Å². The molecule has 3 heterocycles. The Morgan fingerprint density at radius 2 is 1.95 bits per heavy atom. The van der Waals surface area contributed by atoms with Crippen LogP contribution >= 0.6 is 0 Å². The number of morpholine rings is 1. The van der Waals surface area contributed by atoms with Gasteiger partial charge in [0.2, 0.25) is 11.8 Å². The van der Waals surface area contributed by atoms with Crippen LogP contribution in [-0.2, 0) is 14.3 Å². The number of hydrogen-bond donors (Lipinski definition) is 0. The summed E-state index contributed by atoms with van der Waals surface area (Å²) in [6.07, 6.45) is 3.71. The van der Waals surface area contributed by atoms with Crippen LogP contribution < -0.4 is 0 Å². The molecule has 0 radical (unpaired) electrons. The topological polar surface area (TPSA) is 53.1 Å². The van der Waals surface area contributed by atoms with Crippen LogP contribution in [0.25, 0.3) is 0 Å². The first kappa shape index (κ1) is 14.8. The highest BCUT2D eigenvalue weighted by Gasteiger charge is 2.30. The molecular formula is C15H25N3O3. The number of piperidine rings is 1. The molecule has 6 heteroatoms. The van der Waals surface area contributed by atoms with Crippen LogP contribution in [0.5, 0.6) is 0 Å². The van der Waals surface area contributed by atoms with Crippen LogP contribution in [0.1, 0.15) is 25.7 Å². The number of carbonyl (C=O) groups is 2. The molecule has 0 bridgehead atoms. The molecule has 3 aliphatic rings. The fourth-order valence-electron chi connectivity index (χ4n) is 3.56. The summed E-state index contributed by atoms with van der Waals surface area (Å²) in [5.41, 5.74) is 0. The van der Waals surface area contributed by atoms with Gasteiger partial charge in [-0.15, -0.1) is 0 Å². The lowest BCUT2D eigenvalue weighted by atomic mass is 10.0. The van der Waals surface area contributed by atoms with Crippen molar-refractivity contribution in [3.05, 3.63) is 0 Å². The van der Waals surface area contributed by atoms with Crippen molar-refractivity contribution >= 4 is 11.8 Å². The molecule has 3 aliphatic heterocycles. The number of hydrogen-bond acceptors (Lipinski definition) is 4. The molecule has 0 spiro atoms. The van der Waals surface area contributed by atoms with E-state index >= 15 is 0 Å². The lowest BCUT2D eigenvalue weighted by Crippen LogP contribution is -2.54. The first-order chi connectivity index (χ1) is 10.2. The highest BCUT2D eigenvalue weighted by Crippen LogP contribution is 2.18. The van der Waals surface area contributed by atoms with Crippen molar-refractivity contribution in [3.63, 3.8) is 0 Å². The van der Waals surface area contributed by atoms with Gasteiger partial charge < -0.3 is 14.5 Å². The van der Waals surface area contributed by atoms with E-state index in [0.29, 0.717) is 12.5 Å². The predicted molar refractivity (Wildman–Crippen MR) is 77.8 cm³/mol. The molecule has 2 amide bonds. The quantitative estimate of drug-likeness (QED) is 0.731. The second-order valence-corrected chi connectivity index (χ2v) is 6.20. The molecule has 21 heavy (non-hydrogen) atoms. The molecule has 0 N–H and O–H groups in total. The molecule has 0 aliphatic carbocycles. The van der Waals surface area contributed by atoms with E-state index in [-0.39, 0.29) is 18.4 Å². The summed E-state index contributed by atoms with van der Waals surface area (Å²) in [7, 11) is 0. The lowest BCUT2D eigenvalue weighted by molar-refractivity contribution is -0.140. The van der Waals surface area contributed by atoms with Crippen LogP contribution in [-0.4, -0.2) is 85.0 Å². The molecule has 3 rings (SSSR count). The molecule has 3 saturated heterocycles. The molecule has 0 unspecified atom stereocenters. The van der Waals surface area contributed by atoms with Crippen molar-refractivity contribution in [2.24, 2.45) is 0 Å². The molecule has 0 saturated carbocycles. The maximum Gasteiger partial charge on any atom is 0.242 e. The molecular weight excluding hydrogens is 270 g/mol. The monoisotopic (exact) mass is 295 g/mol. The van der Waals surface area contributed by atoms with Crippen molar-refractivity contribution in [3.8, 4) is 0 Å². The highest BCUT2D eigenvalue weighted by atomic mass is 16.5. The van der Waals surface area contributed by atoms with Crippen molar-refractivity contribution in [1.82, 2.24) is 14.7 Å². The minimum atomic E-state index is 0.114. The first-order valence-electron chi connectivity index (χ1n) is 8.11. The second kappa shape index (κ2) is 6.75. The number of ether oxygens (including phenoxy) is 1. The fraction of sp³-hybridized carbons (Fsp3) is 0.867. The first-order valence-corrected chi connectivity index (χ1v) is 8.11. The van der Waals surface area contributed by atoms with Crippen LogP contribution in [0.3, 0.4) is 0 Å². The van der Waals surface area contributed by atoms with E-state index in [1.54, 1.807) is 4.90 Å². The van der Waals surface area contributed by atoms with Crippen molar-refractivity contribution in [2.45, 2.75) is 31.7 Å².